The summed E-state index contributed by atoms with van der Waals surface area (Å²) in [4.78, 5) is 23.7. The minimum atomic E-state index is -0.0513. The van der Waals surface area contributed by atoms with E-state index in [9.17, 15) is 9.59 Å². The van der Waals surface area contributed by atoms with Gasteiger partial charge in [-0.25, -0.2) is 0 Å². The van der Waals surface area contributed by atoms with E-state index in [1.54, 1.807) is 24.3 Å². The zero-order valence-corrected chi connectivity index (χ0v) is 13.7. The SMILES string of the molecule is CC(C)CC(=O)Nc1ccc(NC(=O)CC2COCCN2)cc1. The predicted molar refractivity (Wildman–Crippen MR) is 90.4 cm³/mol. The van der Waals surface area contributed by atoms with Crippen LogP contribution in [0.15, 0.2) is 24.3 Å². The molecule has 1 aliphatic heterocycles. The van der Waals surface area contributed by atoms with E-state index in [4.69, 9.17) is 4.74 Å². The summed E-state index contributed by atoms with van der Waals surface area (Å²) in [5.41, 5.74) is 1.45. The largest absolute Gasteiger partial charge is 0.378 e. The lowest BCUT2D eigenvalue weighted by Gasteiger charge is -2.23. The average Bonchev–Trinajstić information content (AvgIpc) is 2.49. The van der Waals surface area contributed by atoms with Gasteiger partial charge >= 0.3 is 0 Å². The Balaban J connectivity index is 1.79. The Hall–Kier alpha value is -1.92. The highest BCUT2D eigenvalue weighted by atomic mass is 16.5. The first-order chi connectivity index (χ1) is 11.0. The van der Waals surface area contributed by atoms with Crippen LogP contribution in [0.25, 0.3) is 0 Å². The highest BCUT2D eigenvalue weighted by Gasteiger charge is 2.16. The molecule has 6 heteroatoms. The van der Waals surface area contributed by atoms with Gasteiger partial charge in [0.1, 0.15) is 0 Å². The van der Waals surface area contributed by atoms with E-state index >= 15 is 0 Å². The van der Waals surface area contributed by atoms with Crippen LogP contribution < -0.4 is 16.0 Å². The molecule has 0 radical (unpaired) electrons. The van der Waals surface area contributed by atoms with Crippen molar-refractivity contribution in [2.75, 3.05) is 30.4 Å². The number of hydrogen-bond acceptors (Lipinski definition) is 4. The number of hydrogen-bond donors (Lipinski definition) is 3. The number of anilines is 2. The van der Waals surface area contributed by atoms with Gasteiger partial charge in [0.2, 0.25) is 11.8 Å². The van der Waals surface area contributed by atoms with Gasteiger partial charge in [-0.2, -0.15) is 0 Å². The van der Waals surface area contributed by atoms with E-state index in [1.807, 2.05) is 13.8 Å². The zero-order valence-electron chi connectivity index (χ0n) is 13.7. The van der Waals surface area contributed by atoms with Crippen LogP contribution in [-0.2, 0) is 14.3 Å². The summed E-state index contributed by atoms with van der Waals surface area (Å²) in [6, 6.07) is 7.21. The number of benzene rings is 1. The number of amides is 2. The molecule has 0 bridgehead atoms. The fraction of sp³-hybridized carbons (Fsp3) is 0.529. The van der Waals surface area contributed by atoms with E-state index in [0.29, 0.717) is 37.7 Å². The molecule has 1 fully saturated rings. The van der Waals surface area contributed by atoms with Gasteiger partial charge in [-0.05, 0) is 30.2 Å². The zero-order chi connectivity index (χ0) is 16.7. The van der Waals surface area contributed by atoms with Crippen LogP contribution in [0.4, 0.5) is 11.4 Å². The fourth-order valence-corrected chi connectivity index (χ4v) is 2.41. The second kappa shape index (κ2) is 8.64. The molecule has 0 saturated carbocycles. The van der Waals surface area contributed by atoms with E-state index in [-0.39, 0.29) is 17.9 Å². The van der Waals surface area contributed by atoms with Gasteiger partial charge < -0.3 is 20.7 Å². The molecule has 1 unspecified atom stereocenters. The number of rotatable bonds is 6. The van der Waals surface area contributed by atoms with Crippen molar-refractivity contribution in [1.82, 2.24) is 5.32 Å². The maximum Gasteiger partial charge on any atom is 0.226 e. The molecule has 1 atom stereocenters. The van der Waals surface area contributed by atoms with Crippen LogP contribution in [0, 0.1) is 5.92 Å². The van der Waals surface area contributed by atoms with Crippen molar-refractivity contribution in [3.63, 3.8) is 0 Å². The molecule has 1 saturated heterocycles. The number of morpholine rings is 1. The highest BCUT2D eigenvalue weighted by molar-refractivity contribution is 5.93. The predicted octanol–water partition coefficient (Wildman–Crippen LogP) is 1.99. The van der Waals surface area contributed by atoms with Crippen molar-refractivity contribution in [3.05, 3.63) is 24.3 Å². The number of carbonyl (C=O) groups excluding carboxylic acids is 2. The Morgan fingerprint density at radius 3 is 2.30 bits per heavy atom. The summed E-state index contributed by atoms with van der Waals surface area (Å²) < 4.78 is 5.33. The molecule has 1 heterocycles. The highest BCUT2D eigenvalue weighted by Crippen LogP contribution is 2.15. The molecule has 3 N–H and O–H groups in total. The molecule has 6 nitrogen and oxygen atoms in total. The molecule has 1 aliphatic rings. The third-order valence-electron chi connectivity index (χ3n) is 3.48. The summed E-state index contributed by atoms with van der Waals surface area (Å²) >= 11 is 0. The smallest absolute Gasteiger partial charge is 0.226 e. The van der Waals surface area contributed by atoms with Crippen LogP contribution >= 0.6 is 0 Å². The maximum atomic E-state index is 12.0. The van der Waals surface area contributed by atoms with Crippen molar-refractivity contribution in [2.24, 2.45) is 5.92 Å². The third kappa shape index (κ3) is 6.38. The number of ether oxygens (including phenoxy) is 1. The van der Waals surface area contributed by atoms with Crippen LogP contribution in [0.1, 0.15) is 26.7 Å². The fourth-order valence-electron chi connectivity index (χ4n) is 2.41. The molecular formula is C17H25N3O3. The van der Waals surface area contributed by atoms with Gasteiger partial charge in [0.15, 0.2) is 0 Å². The Morgan fingerprint density at radius 2 is 1.78 bits per heavy atom. The number of nitrogens with one attached hydrogen (secondary N) is 3. The topological polar surface area (TPSA) is 79.5 Å². The second-order valence-electron chi connectivity index (χ2n) is 6.20. The summed E-state index contributed by atoms with van der Waals surface area (Å²) in [6.45, 7) is 6.05. The quantitative estimate of drug-likeness (QED) is 0.749. The van der Waals surface area contributed by atoms with Gasteiger partial charge in [-0.3, -0.25) is 9.59 Å². The van der Waals surface area contributed by atoms with Crippen LogP contribution in [-0.4, -0.2) is 37.6 Å². The first kappa shape index (κ1) is 17.4. The molecule has 2 rings (SSSR count). The van der Waals surface area contributed by atoms with Crippen molar-refractivity contribution < 1.29 is 14.3 Å². The molecular weight excluding hydrogens is 294 g/mol. The van der Waals surface area contributed by atoms with Crippen molar-refractivity contribution >= 4 is 23.2 Å². The van der Waals surface area contributed by atoms with Gasteiger partial charge in [-0.1, -0.05) is 13.8 Å². The lowest BCUT2D eigenvalue weighted by atomic mass is 10.1. The van der Waals surface area contributed by atoms with Gasteiger partial charge in [0.25, 0.3) is 0 Å². The normalized spacial score (nSPS) is 17.8. The molecule has 1 aromatic rings. The Kier molecular flexibility index (Phi) is 6.55. The lowest BCUT2D eigenvalue weighted by Crippen LogP contribution is -2.43. The maximum absolute atomic E-state index is 12.0. The summed E-state index contributed by atoms with van der Waals surface area (Å²) in [5.74, 6) is 0.274. The summed E-state index contributed by atoms with van der Waals surface area (Å²) in [6.07, 6.45) is 0.877. The molecule has 0 aliphatic carbocycles. The van der Waals surface area contributed by atoms with Gasteiger partial charge in [-0.15, -0.1) is 0 Å². The monoisotopic (exact) mass is 319 g/mol. The summed E-state index contributed by atoms with van der Waals surface area (Å²) in [5, 5.41) is 8.94. The van der Waals surface area contributed by atoms with Crippen LogP contribution in [0.2, 0.25) is 0 Å². The first-order valence-electron chi connectivity index (χ1n) is 8.04. The van der Waals surface area contributed by atoms with E-state index in [1.165, 1.54) is 0 Å². The van der Waals surface area contributed by atoms with Gasteiger partial charge in [0.05, 0.1) is 13.2 Å². The number of carbonyl (C=O) groups is 2. The minimum absolute atomic E-state index is 0.000147. The molecule has 126 valence electrons. The second-order valence-corrected chi connectivity index (χ2v) is 6.20. The van der Waals surface area contributed by atoms with Crippen molar-refractivity contribution in [1.29, 1.82) is 0 Å². The van der Waals surface area contributed by atoms with E-state index in [0.717, 1.165) is 12.2 Å². The van der Waals surface area contributed by atoms with E-state index in [2.05, 4.69) is 16.0 Å². The van der Waals surface area contributed by atoms with Crippen LogP contribution in [0.3, 0.4) is 0 Å². The lowest BCUT2D eigenvalue weighted by molar-refractivity contribution is -0.118. The van der Waals surface area contributed by atoms with Crippen molar-refractivity contribution in [2.45, 2.75) is 32.7 Å². The minimum Gasteiger partial charge on any atom is -0.378 e. The third-order valence-corrected chi connectivity index (χ3v) is 3.48. The molecule has 23 heavy (non-hydrogen) atoms. The molecule has 2 amide bonds. The summed E-state index contributed by atoms with van der Waals surface area (Å²) in [7, 11) is 0. The van der Waals surface area contributed by atoms with E-state index < -0.39 is 0 Å². The van der Waals surface area contributed by atoms with Gasteiger partial charge in [0, 0.05) is 36.8 Å². The molecule has 0 spiro atoms. The first-order valence-corrected chi connectivity index (χ1v) is 8.04. The van der Waals surface area contributed by atoms with Crippen LogP contribution in [0.5, 0.6) is 0 Å². The standard InChI is InChI=1S/C17H25N3O3/c1-12(2)9-16(21)19-13-3-5-14(6-4-13)20-17(22)10-15-11-23-8-7-18-15/h3-6,12,15,18H,7-11H2,1-2H3,(H,19,21)(H,20,22). The molecule has 1 aromatic carbocycles. The Morgan fingerprint density at radius 1 is 1.17 bits per heavy atom. The molecule has 0 aromatic heterocycles. The Bertz CT molecular complexity index is 522. The van der Waals surface area contributed by atoms with Crippen molar-refractivity contribution in [3.8, 4) is 0 Å². The average molecular weight is 319 g/mol. The Labute approximate surface area is 137 Å².